The van der Waals surface area contributed by atoms with Crippen molar-refractivity contribution in [3.8, 4) is 0 Å². The van der Waals surface area contributed by atoms with Crippen molar-refractivity contribution in [3.63, 3.8) is 0 Å². The van der Waals surface area contributed by atoms with Crippen LogP contribution in [-0.2, 0) is 6.54 Å². The first kappa shape index (κ1) is 12.6. The predicted octanol–water partition coefficient (Wildman–Crippen LogP) is 3.13. The van der Waals surface area contributed by atoms with Crippen LogP contribution in [0, 0.1) is 5.92 Å². The molecule has 1 saturated carbocycles. The number of hydrogen-bond donors (Lipinski definition) is 1. The molecule has 2 atom stereocenters. The average molecular weight is 235 g/mol. The maximum atomic E-state index is 4.57. The zero-order valence-corrected chi connectivity index (χ0v) is 11.3. The van der Waals surface area contributed by atoms with Crippen LogP contribution in [0.15, 0.2) is 12.3 Å². The minimum atomic E-state index is 0.456. The zero-order valence-electron chi connectivity index (χ0n) is 11.3. The van der Waals surface area contributed by atoms with Gasteiger partial charge in [-0.1, -0.05) is 19.8 Å². The first-order valence-corrected chi connectivity index (χ1v) is 6.94. The molecule has 0 bridgehead atoms. The Kier molecular flexibility index (Phi) is 4.21. The van der Waals surface area contributed by atoms with E-state index in [0.717, 1.165) is 18.2 Å². The van der Waals surface area contributed by atoms with Gasteiger partial charge < -0.3 is 5.32 Å². The summed E-state index contributed by atoms with van der Waals surface area (Å²) in [6, 6.07) is 3.27. The number of nitrogens with zero attached hydrogens (tertiary/aromatic N) is 2. The molecular formula is C14H25N3. The molecule has 0 spiro atoms. The van der Waals surface area contributed by atoms with Gasteiger partial charge >= 0.3 is 0 Å². The summed E-state index contributed by atoms with van der Waals surface area (Å²) in [6.45, 7) is 7.60. The molecule has 2 rings (SSSR count). The van der Waals surface area contributed by atoms with Gasteiger partial charge in [0.15, 0.2) is 0 Å². The predicted molar refractivity (Wildman–Crippen MR) is 70.9 cm³/mol. The van der Waals surface area contributed by atoms with Crippen LogP contribution in [0.3, 0.4) is 0 Å². The fourth-order valence-corrected chi connectivity index (χ4v) is 2.61. The molecule has 1 aromatic rings. The molecule has 0 saturated heterocycles. The number of rotatable bonds is 4. The molecule has 0 amide bonds. The van der Waals surface area contributed by atoms with Gasteiger partial charge in [-0.25, -0.2) is 0 Å². The number of aromatic nitrogens is 2. The minimum absolute atomic E-state index is 0.456. The van der Waals surface area contributed by atoms with Crippen LogP contribution in [0.2, 0.25) is 0 Å². The molecule has 0 aliphatic heterocycles. The fraction of sp³-hybridized carbons (Fsp3) is 0.786. The van der Waals surface area contributed by atoms with E-state index in [9.17, 15) is 0 Å². The Bertz CT molecular complexity index is 343. The van der Waals surface area contributed by atoms with Crippen LogP contribution in [0.4, 0.5) is 0 Å². The van der Waals surface area contributed by atoms with Crippen LogP contribution in [-0.4, -0.2) is 15.8 Å². The van der Waals surface area contributed by atoms with Crippen molar-refractivity contribution < 1.29 is 0 Å². The van der Waals surface area contributed by atoms with Crippen molar-refractivity contribution in [2.45, 2.75) is 65.1 Å². The summed E-state index contributed by atoms with van der Waals surface area (Å²) in [7, 11) is 0. The minimum Gasteiger partial charge on any atom is -0.308 e. The molecule has 1 heterocycles. The topological polar surface area (TPSA) is 29.9 Å². The quantitative estimate of drug-likeness (QED) is 0.869. The number of nitrogens with one attached hydrogen (secondary N) is 1. The van der Waals surface area contributed by atoms with Crippen molar-refractivity contribution in [1.29, 1.82) is 0 Å². The van der Waals surface area contributed by atoms with Gasteiger partial charge in [-0.15, -0.1) is 0 Å². The van der Waals surface area contributed by atoms with Crippen molar-refractivity contribution in [2.24, 2.45) is 5.92 Å². The first-order chi connectivity index (χ1) is 8.16. The van der Waals surface area contributed by atoms with E-state index < -0.39 is 0 Å². The van der Waals surface area contributed by atoms with Crippen LogP contribution in [0.25, 0.3) is 0 Å². The first-order valence-electron chi connectivity index (χ1n) is 6.94. The largest absolute Gasteiger partial charge is 0.308 e. The van der Waals surface area contributed by atoms with Gasteiger partial charge in [-0.2, -0.15) is 5.10 Å². The molecule has 0 radical (unpaired) electrons. The van der Waals surface area contributed by atoms with E-state index in [2.05, 4.69) is 43.4 Å². The van der Waals surface area contributed by atoms with E-state index >= 15 is 0 Å². The summed E-state index contributed by atoms with van der Waals surface area (Å²) in [6.07, 6.45) is 7.56. The summed E-state index contributed by atoms with van der Waals surface area (Å²) in [5.41, 5.74) is 1.16. The van der Waals surface area contributed by atoms with Crippen LogP contribution < -0.4 is 5.32 Å². The maximum Gasteiger partial charge on any atom is 0.0762 e. The molecule has 0 aromatic carbocycles. The second-order valence-corrected chi connectivity index (χ2v) is 5.63. The lowest BCUT2D eigenvalue weighted by molar-refractivity contribution is 0.278. The van der Waals surface area contributed by atoms with E-state index in [0.29, 0.717) is 12.1 Å². The summed E-state index contributed by atoms with van der Waals surface area (Å²) in [4.78, 5) is 0. The van der Waals surface area contributed by atoms with Gasteiger partial charge in [0, 0.05) is 24.8 Å². The highest BCUT2D eigenvalue weighted by Gasteiger charge is 2.20. The zero-order chi connectivity index (χ0) is 12.3. The molecule has 1 fully saturated rings. The monoisotopic (exact) mass is 235 g/mol. The Morgan fingerprint density at radius 2 is 2.18 bits per heavy atom. The molecule has 96 valence electrons. The van der Waals surface area contributed by atoms with Crippen LogP contribution in [0.1, 0.15) is 58.2 Å². The fourth-order valence-electron chi connectivity index (χ4n) is 2.61. The average Bonchev–Trinajstić information content (AvgIpc) is 2.77. The van der Waals surface area contributed by atoms with Crippen LogP contribution in [0.5, 0.6) is 0 Å². The van der Waals surface area contributed by atoms with Gasteiger partial charge in [0.1, 0.15) is 0 Å². The molecule has 1 aliphatic carbocycles. The standard InChI is InChI=1S/C14H25N3/c1-11(2)17-9-8-13(16-17)10-15-14-7-5-4-6-12(14)3/h8-9,11-12,14-15H,4-7,10H2,1-3H3. The summed E-state index contributed by atoms with van der Waals surface area (Å²) < 4.78 is 2.03. The Labute approximate surface area is 105 Å². The Morgan fingerprint density at radius 1 is 1.41 bits per heavy atom. The third-order valence-electron chi connectivity index (χ3n) is 3.85. The van der Waals surface area contributed by atoms with Crippen molar-refractivity contribution in [3.05, 3.63) is 18.0 Å². The van der Waals surface area contributed by atoms with Gasteiger partial charge in [0.25, 0.3) is 0 Å². The highest BCUT2D eigenvalue weighted by Crippen LogP contribution is 2.23. The lowest BCUT2D eigenvalue weighted by Gasteiger charge is -2.29. The summed E-state index contributed by atoms with van der Waals surface area (Å²) >= 11 is 0. The molecule has 17 heavy (non-hydrogen) atoms. The Morgan fingerprint density at radius 3 is 2.82 bits per heavy atom. The molecule has 2 unspecified atom stereocenters. The smallest absolute Gasteiger partial charge is 0.0762 e. The molecular weight excluding hydrogens is 210 g/mol. The lowest BCUT2D eigenvalue weighted by Crippen LogP contribution is -2.36. The highest BCUT2D eigenvalue weighted by molar-refractivity contribution is 4.99. The summed E-state index contributed by atoms with van der Waals surface area (Å²) in [5, 5.41) is 8.24. The van der Waals surface area contributed by atoms with Gasteiger partial charge in [0.05, 0.1) is 5.69 Å². The lowest BCUT2D eigenvalue weighted by atomic mass is 9.86. The molecule has 3 nitrogen and oxygen atoms in total. The van der Waals surface area contributed by atoms with Gasteiger partial charge in [-0.3, -0.25) is 4.68 Å². The summed E-state index contributed by atoms with van der Waals surface area (Å²) in [5.74, 6) is 0.816. The van der Waals surface area contributed by atoms with E-state index in [1.807, 2.05) is 4.68 Å². The van der Waals surface area contributed by atoms with E-state index in [1.165, 1.54) is 25.7 Å². The Balaban J connectivity index is 1.84. The van der Waals surface area contributed by atoms with Gasteiger partial charge in [-0.05, 0) is 38.7 Å². The van der Waals surface area contributed by atoms with E-state index in [1.54, 1.807) is 0 Å². The van der Waals surface area contributed by atoms with Crippen molar-refractivity contribution in [2.75, 3.05) is 0 Å². The van der Waals surface area contributed by atoms with E-state index in [-0.39, 0.29) is 0 Å². The van der Waals surface area contributed by atoms with Crippen molar-refractivity contribution >= 4 is 0 Å². The third kappa shape index (κ3) is 3.32. The third-order valence-corrected chi connectivity index (χ3v) is 3.85. The van der Waals surface area contributed by atoms with E-state index in [4.69, 9.17) is 0 Å². The Hall–Kier alpha value is -0.830. The second-order valence-electron chi connectivity index (χ2n) is 5.63. The second kappa shape index (κ2) is 5.67. The molecule has 3 heteroatoms. The van der Waals surface area contributed by atoms with Crippen molar-refractivity contribution in [1.82, 2.24) is 15.1 Å². The highest BCUT2D eigenvalue weighted by atomic mass is 15.3. The SMILES string of the molecule is CC1CCCCC1NCc1ccn(C(C)C)n1. The normalized spacial score (nSPS) is 25.4. The maximum absolute atomic E-state index is 4.57. The van der Waals surface area contributed by atoms with Crippen LogP contribution >= 0.6 is 0 Å². The molecule has 1 aromatic heterocycles. The molecule has 1 aliphatic rings. The number of hydrogen-bond acceptors (Lipinski definition) is 2. The van der Waals surface area contributed by atoms with Gasteiger partial charge in [0.2, 0.25) is 0 Å². The molecule has 1 N–H and O–H groups in total.